The first-order chi connectivity index (χ1) is 15.9. The highest BCUT2D eigenvalue weighted by atomic mass is 16.5. The molecule has 3 aromatic rings. The molecule has 0 unspecified atom stereocenters. The minimum Gasteiger partial charge on any atom is -0.455 e. The summed E-state index contributed by atoms with van der Waals surface area (Å²) >= 11 is 0. The lowest BCUT2D eigenvalue weighted by atomic mass is 9.89. The van der Waals surface area contributed by atoms with Crippen molar-refractivity contribution in [2.24, 2.45) is 5.92 Å². The van der Waals surface area contributed by atoms with E-state index in [4.69, 9.17) is 9.47 Å². The number of fused-ring (bicyclic) bond motifs is 2. The van der Waals surface area contributed by atoms with Crippen molar-refractivity contribution < 1.29 is 19.1 Å². The van der Waals surface area contributed by atoms with E-state index in [1.54, 1.807) is 43.7 Å². The van der Waals surface area contributed by atoms with Crippen LogP contribution in [0.4, 0.5) is 10.6 Å². The van der Waals surface area contributed by atoms with E-state index in [9.17, 15) is 9.59 Å². The smallest absolute Gasteiger partial charge is 0.327 e. The second-order valence-electron chi connectivity index (χ2n) is 8.31. The molecule has 5 heterocycles. The van der Waals surface area contributed by atoms with E-state index in [0.29, 0.717) is 35.2 Å². The standard InChI is InChI=1S/C23H24N6O4/c1-13-11-29(12-25-13)21-10-16(7-8-24-21)32-18-5-6-20(26-14(18)2)27-23(31)28-22(30)17-9-15-3-4-19(17)33-15/h5-8,10-12,15,17,19H,3-4,9H2,1-2H3,(H2,26,27,28,30,31)/t15-,17-,19+/m0/s1. The van der Waals surface area contributed by atoms with Crippen LogP contribution in [0.3, 0.4) is 0 Å². The van der Waals surface area contributed by atoms with Gasteiger partial charge in [0.1, 0.15) is 29.5 Å². The van der Waals surface area contributed by atoms with Crippen LogP contribution in [-0.4, -0.2) is 43.7 Å². The van der Waals surface area contributed by atoms with Gasteiger partial charge in [-0.1, -0.05) is 0 Å². The van der Waals surface area contributed by atoms with Gasteiger partial charge in [-0.2, -0.15) is 0 Å². The zero-order valence-corrected chi connectivity index (χ0v) is 18.3. The maximum absolute atomic E-state index is 12.4. The van der Waals surface area contributed by atoms with E-state index in [0.717, 1.165) is 18.5 Å². The maximum atomic E-state index is 12.4. The molecule has 3 atom stereocenters. The minimum atomic E-state index is -0.613. The molecule has 2 saturated heterocycles. The predicted octanol–water partition coefficient (Wildman–Crippen LogP) is 3.29. The van der Waals surface area contributed by atoms with Crippen LogP contribution >= 0.6 is 0 Å². The number of rotatable bonds is 5. The molecule has 3 aromatic heterocycles. The summed E-state index contributed by atoms with van der Waals surface area (Å²) in [5.74, 6) is 1.55. The maximum Gasteiger partial charge on any atom is 0.327 e. The fourth-order valence-corrected chi connectivity index (χ4v) is 4.27. The summed E-state index contributed by atoms with van der Waals surface area (Å²) in [6.45, 7) is 3.68. The quantitative estimate of drug-likeness (QED) is 0.614. The van der Waals surface area contributed by atoms with E-state index in [2.05, 4.69) is 25.6 Å². The first kappa shape index (κ1) is 21.1. The number of ether oxygens (including phenoxy) is 2. The number of pyridine rings is 2. The number of carbonyl (C=O) groups is 2. The number of nitrogens with one attached hydrogen (secondary N) is 2. The average Bonchev–Trinajstić information content (AvgIpc) is 3.53. The van der Waals surface area contributed by atoms with Crippen molar-refractivity contribution >= 4 is 17.8 Å². The summed E-state index contributed by atoms with van der Waals surface area (Å²) in [5.41, 5.74) is 1.47. The first-order valence-electron chi connectivity index (χ1n) is 10.8. The number of carbonyl (C=O) groups excluding carboxylic acids is 2. The number of anilines is 1. The Hall–Kier alpha value is -3.79. The fourth-order valence-electron chi connectivity index (χ4n) is 4.27. The number of hydrogen-bond acceptors (Lipinski definition) is 7. The molecule has 33 heavy (non-hydrogen) atoms. The van der Waals surface area contributed by atoms with Gasteiger partial charge >= 0.3 is 6.03 Å². The number of imide groups is 1. The van der Waals surface area contributed by atoms with Crippen LogP contribution in [0, 0.1) is 19.8 Å². The van der Waals surface area contributed by atoms with Crippen molar-refractivity contribution in [1.82, 2.24) is 24.8 Å². The van der Waals surface area contributed by atoms with Crippen molar-refractivity contribution in [1.29, 1.82) is 0 Å². The number of aromatic nitrogens is 4. The molecular weight excluding hydrogens is 424 g/mol. The normalized spacial score (nSPS) is 21.1. The highest BCUT2D eigenvalue weighted by molar-refractivity contribution is 6.01. The Labute approximate surface area is 190 Å². The Morgan fingerprint density at radius 1 is 1.18 bits per heavy atom. The van der Waals surface area contributed by atoms with Crippen LogP contribution in [0.15, 0.2) is 43.0 Å². The summed E-state index contributed by atoms with van der Waals surface area (Å²) in [5, 5.41) is 5.00. The van der Waals surface area contributed by atoms with Gasteiger partial charge < -0.3 is 9.47 Å². The molecular formula is C23H24N6O4. The van der Waals surface area contributed by atoms with Crippen LogP contribution < -0.4 is 15.4 Å². The summed E-state index contributed by atoms with van der Waals surface area (Å²) in [7, 11) is 0. The number of aryl methyl sites for hydroxylation is 2. The van der Waals surface area contributed by atoms with Gasteiger partial charge in [-0.3, -0.25) is 20.0 Å². The van der Waals surface area contributed by atoms with E-state index in [1.165, 1.54) is 0 Å². The monoisotopic (exact) mass is 448 g/mol. The lowest BCUT2D eigenvalue weighted by Gasteiger charge is -2.17. The largest absolute Gasteiger partial charge is 0.455 e. The van der Waals surface area contributed by atoms with E-state index >= 15 is 0 Å². The molecule has 2 N–H and O–H groups in total. The second-order valence-corrected chi connectivity index (χ2v) is 8.31. The van der Waals surface area contributed by atoms with E-state index < -0.39 is 6.03 Å². The van der Waals surface area contributed by atoms with Crippen molar-refractivity contribution in [3.63, 3.8) is 0 Å². The third-order valence-corrected chi connectivity index (χ3v) is 5.88. The highest BCUT2D eigenvalue weighted by Gasteiger charge is 2.44. The summed E-state index contributed by atoms with van der Waals surface area (Å²) in [4.78, 5) is 37.6. The molecule has 3 amide bonds. The third-order valence-electron chi connectivity index (χ3n) is 5.88. The molecule has 2 bridgehead atoms. The molecule has 0 saturated carbocycles. The summed E-state index contributed by atoms with van der Waals surface area (Å²) in [6, 6.07) is 6.26. The molecule has 10 nitrogen and oxygen atoms in total. The molecule has 170 valence electrons. The van der Waals surface area contributed by atoms with Gasteiger partial charge in [-0.15, -0.1) is 0 Å². The Balaban J connectivity index is 1.21. The summed E-state index contributed by atoms with van der Waals surface area (Å²) < 4.78 is 13.5. The van der Waals surface area contributed by atoms with Crippen LogP contribution in [0.25, 0.3) is 5.82 Å². The Kier molecular flexibility index (Phi) is 5.51. The van der Waals surface area contributed by atoms with Crippen LogP contribution in [0.5, 0.6) is 11.5 Å². The SMILES string of the molecule is Cc1cn(-c2cc(Oc3ccc(NC(=O)NC(=O)[C@H]4C[C@@H]5CC[C@H]4O5)nc3C)ccn2)cn1. The van der Waals surface area contributed by atoms with Crippen LogP contribution in [0.1, 0.15) is 30.7 Å². The first-order valence-corrected chi connectivity index (χ1v) is 10.8. The van der Waals surface area contributed by atoms with Crippen molar-refractivity contribution in [3.8, 4) is 17.3 Å². The lowest BCUT2D eigenvalue weighted by molar-refractivity contribution is -0.125. The molecule has 0 aliphatic carbocycles. The van der Waals surface area contributed by atoms with Crippen LogP contribution in [0.2, 0.25) is 0 Å². The molecule has 2 aliphatic heterocycles. The number of amides is 3. The van der Waals surface area contributed by atoms with Gasteiger partial charge in [0.15, 0.2) is 0 Å². The summed E-state index contributed by atoms with van der Waals surface area (Å²) in [6.07, 6.45) is 7.81. The molecule has 5 rings (SSSR count). The van der Waals surface area contributed by atoms with Crippen molar-refractivity contribution in [2.45, 2.75) is 45.3 Å². The van der Waals surface area contributed by atoms with E-state index in [-0.39, 0.29) is 24.0 Å². The molecule has 0 radical (unpaired) electrons. The zero-order valence-electron chi connectivity index (χ0n) is 18.3. The van der Waals surface area contributed by atoms with Crippen LogP contribution in [-0.2, 0) is 9.53 Å². The van der Waals surface area contributed by atoms with Gasteiger partial charge in [0.05, 0.1) is 29.5 Å². The van der Waals surface area contributed by atoms with Crippen molar-refractivity contribution in [2.75, 3.05) is 5.32 Å². The molecule has 0 aromatic carbocycles. The van der Waals surface area contributed by atoms with E-state index in [1.807, 2.05) is 17.7 Å². The average molecular weight is 448 g/mol. The Bertz CT molecular complexity index is 1210. The second kappa shape index (κ2) is 8.62. The third kappa shape index (κ3) is 4.56. The molecule has 0 spiro atoms. The number of urea groups is 1. The number of hydrogen-bond donors (Lipinski definition) is 2. The van der Waals surface area contributed by atoms with Gasteiger partial charge in [-0.25, -0.2) is 19.7 Å². The highest BCUT2D eigenvalue weighted by Crippen LogP contribution is 2.38. The zero-order chi connectivity index (χ0) is 22.9. The number of imidazole rings is 1. The molecule has 2 fully saturated rings. The topological polar surface area (TPSA) is 120 Å². The molecule has 10 heteroatoms. The minimum absolute atomic E-state index is 0.0777. The Morgan fingerprint density at radius 3 is 2.76 bits per heavy atom. The van der Waals surface area contributed by atoms with Gasteiger partial charge in [-0.05, 0) is 51.3 Å². The van der Waals surface area contributed by atoms with Gasteiger partial charge in [0, 0.05) is 18.5 Å². The fraction of sp³-hybridized carbons (Fsp3) is 0.348. The predicted molar refractivity (Wildman–Crippen MR) is 118 cm³/mol. The van der Waals surface area contributed by atoms with Crippen molar-refractivity contribution in [3.05, 3.63) is 54.4 Å². The molecule has 2 aliphatic rings. The lowest BCUT2D eigenvalue weighted by Crippen LogP contribution is -2.41. The van der Waals surface area contributed by atoms with Gasteiger partial charge in [0.25, 0.3) is 0 Å². The number of nitrogens with zero attached hydrogens (tertiary/aromatic N) is 4. The van der Waals surface area contributed by atoms with Gasteiger partial charge in [0.2, 0.25) is 5.91 Å². The Morgan fingerprint density at radius 2 is 2.06 bits per heavy atom.